The van der Waals surface area contributed by atoms with Gasteiger partial charge in [0.05, 0.1) is 5.92 Å². The highest BCUT2D eigenvalue weighted by atomic mass is 16.5. The monoisotopic (exact) mass is 436 g/mol. The number of ether oxygens (including phenoxy) is 1. The van der Waals surface area contributed by atoms with Crippen molar-refractivity contribution in [1.82, 2.24) is 10.6 Å². The van der Waals surface area contributed by atoms with Gasteiger partial charge in [0.25, 0.3) is 0 Å². The fraction of sp³-hybridized carbons (Fsp3) is 0.400. The Labute approximate surface area is 187 Å². The Bertz CT molecular complexity index is 960. The van der Waals surface area contributed by atoms with Gasteiger partial charge in [0.15, 0.2) is 0 Å². The van der Waals surface area contributed by atoms with Gasteiger partial charge in [-0.3, -0.25) is 9.59 Å². The zero-order chi connectivity index (χ0) is 22.5. The van der Waals surface area contributed by atoms with Gasteiger partial charge < -0.3 is 20.5 Å². The number of carboxylic acids is 1. The van der Waals surface area contributed by atoms with Crippen molar-refractivity contribution in [1.29, 1.82) is 0 Å². The maximum absolute atomic E-state index is 12.2. The fourth-order valence-corrected chi connectivity index (χ4v) is 4.77. The van der Waals surface area contributed by atoms with Gasteiger partial charge in [-0.1, -0.05) is 55.0 Å². The molecule has 2 aliphatic rings. The number of fused-ring (bicyclic) bond motifs is 3. The number of rotatable bonds is 7. The molecule has 2 atom stereocenters. The van der Waals surface area contributed by atoms with E-state index in [0.29, 0.717) is 12.8 Å². The summed E-state index contributed by atoms with van der Waals surface area (Å²) in [6, 6.07) is 16.2. The number of carbonyl (C=O) groups is 3. The summed E-state index contributed by atoms with van der Waals surface area (Å²) in [4.78, 5) is 35.5. The molecule has 1 fully saturated rings. The number of nitrogens with one attached hydrogen (secondary N) is 2. The van der Waals surface area contributed by atoms with Gasteiger partial charge in [-0.05, 0) is 41.5 Å². The summed E-state index contributed by atoms with van der Waals surface area (Å²) in [5.74, 6) is -1.40. The van der Waals surface area contributed by atoms with Gasteiger partial charge in [0.1, 0.15) is 6.61 Å². The van der Waals surface area contributed by atoms with Crippen molar-refractivity contribution in [2.75, 3.05) is 13.2 Å². The molecule has 7 nitrogen and oxygen atoms in total. The van der Waals surface area contributed by atoms with Crippen molar-refractivity contribution in [3.8, 4) is 11.1 Å². The number of benzene rings is 2. The van der Waals surface area contributed by atoms with E-state index in [9.17, 15) is 14.4 Å². The van der Waals surface area contributed by atoms with Crippen LogP contribution in [0.4, 0.5) is 4.79 Å². The Morgan fingerprint density at radius 1 is 0.969 bits per heavy atom. The van der Waals surface area contributed by atoms with Crippen LogP contribution in [0, 0.1) is 5.92 Å². The van der Waals surface area contributed by atoms with Crippen LogP contribution in [0.2, 0.25) is 0 Å². The largest absolute Gasteiger partial charge is 0.481 e. The number of carbonyl (C=O) groups excluding carboxylic acids is 2. The number of hydrogen-bond donors (Lipinski definition) is 3. The van der Waals surface area contributed by atoms with E-state index in [1.54, 1.807) is 0 Å². The first-order valence-corrected chi connectivity index (χ1v) is 11.1. The number of amides is 2. The van der Waals surface area contributed by atoms with Gasteiger partial charge in [-0.2, -0.15) is 0 Å². The van der Waals surface area contributed by atoms with Crippen molar-refractivity contribution >= 4 is 18.0 Å². The molecule has 0 bridgehead atoms. The molecule has 168 valence electrons. The van der Waals surface area contributed by atoms with Crippen LogP contribution in [0.5, 0.6) is 0 Å². The van der Waals surface area contributed by atoms with Crippen LogP contribution in [0.25, 0.3) is 11.1 Å². The third-order valence-electron chi connectivity index (χ3n) is 6.35. The SMILES string of the molecule is O=C(CCNC(=O)OCC1c2ccccc2-c2ccccc21)N[C@H]1CCC[C@@H](C(=O)O)C1. The second-order valence-electron chi connectivity index (χ2n) is 8.47. The third-order valence-corrected chi connectivity index (χ3v) is 6.35. The summed E-state index contributed by atoms with van der Waals surface area (Å²) in [5.41, 5.74) is 4.63. The number of hydrogen-bond acceptors (Lipinski definition) is 4. The molecule has 0 spiro atoms. The van der Waals surface area contributed by atoms with E-state index in [4.69, 9.17) is 9.84 Å². The van der Waals surface area contributed by atoms with Crippen molar-refractivity contribution < 1.29 is 24.2 Å². The quantitative estimate of drug-likeness (QED) is 0.614. The van der Waals surface area contributed by atoms with Gasteiger partial charge in [-0.25, -0.2) is 4.79 Å². The van der Waals surface area contributed by atoms with Gasteiger partial charge in [0, 0.05) is 24.9 Å². The van der Waals surface area contributed by atoms with Crippen LogP contribution in [-0.2, 0) is 14.3 Å². The Hall–Kier alpha value is -3.35. The predicted octanol–water partition coefficient (Wildman–Crippen LogP) is 3.67. The van der Waals surface area contributed by atoms with E-state index in [1.807, 2.05) is 24.3 Å². The normalized spacial score (nSPS) is 19.5. The molecule has 3 N–H and O–H groups in total. The van der Waals surface area contributed by atoms with Crippen molar-refractivity contribution in [2.24, 2.45) is 5.92 Å². The number of carboxylic acid groups (broad SMARTS) is 1. The minimum Gasteiger partial charge on any atom is -0.481 e. The summed E-state index contributed by atoms with van der Waals surface area (Å²) in [6.07, 6.45) is 2.27. The maximum atomic E-state index is 12.2. The molecule has 0 unspecified atom stereocenters. The van der Waals surface area contributed by atoms with Crippen LogP contribution in [0.15, 0.2) is 48.5 Å². The average molecular weight is 437 g/mol. The van der Waals surface area contributed by atoms with E-state index in [1.165, 1.54) is 11.1 Å². The maximum Gasteiger partial charge on any atom is 0.407 e. The first-order chi connectivity index (χ1) is 15.5. The summed E-state index contributed by atoms with van der Waals surface area (Å²) >= 11 is 0. The van der Waals surface area contributed by atoms with E-state index in [2.05, 4.69) is 34.9 Å². The smallest absolute Gasteiger partial charge is 0.407 e. The lowest BCUT2D eigenvalue weighted by Gasteiger charge is -2.27. The molecular formula is C25H28N2O5. The minimum atomic E-state index is -0.805. The molecule has 0 aromatic heterocycles. The van der Waals surface area contributed by atoms with E-state index in [0.717, 1.165) is 24.0 Å². The molecule has 32 heavy (non-hydrogen) atoms. The predicted molar refractivity (Wildman–Crippen MR) is 119 cm³/mol. The molecule has 2 aromatic carbocycles. The van der Waals surface area contributed by atoms with Gasteiger partial charge in [-0.15, -0.1) is 0 Å². The van der Waals surface area contributed by atoms with Gasteiger partial charge >= 0.3 is 12.1 Å². The molecule has 2 aromatic rings. The van der Waals surface area contributed by atoms with Crippen LogP contribution >= 0.6 is 0 Å². The number of alkyl carbamates (subject to hydrolysis) is 1. The molecular weight excluding hydrogens is 408 g/mol. The Morgan fingerprint density at radius 3 is 2.28 bits per heavy atom. The summed E-state index contributed by atoms with van der Waals surface area (Å²) in [5, 5.41) is 14.7. The number of aliphatic carboxylic acids is 1. The zero-order valence-corrected chi connectivity index (χ0v) is 17.9. The van der Waals surface area contributed by atoms with E-state index >= 15 is 0 Å². The lowest BCUT2D eigenvalue weighted by molar-refractivity contribution is -0.143. The minimum absolute atomic E-state index is 0.00932. The van der Waals surface area contributed by atoms with Crippen LogP contribution < -0.4 is 10.6 Å². The zero-order valence-electron chi connectivity index (χ0n) is 17.9. The van der Waals surface area contributed by atoms with Crippen LogP contribution in [0.3, 0.4) is 0 Å². The fourth-order valence-electron chi connectivity index (χ4n) is 4.77. The highest BCUT2D eigenvalue weighted by Gasteiger charge is 2.29. The lowest BCUT2D eigenvalue weighted by Crippen LogP contribution is -2.41. The summed E-state index contributed by atoms with van der Waals surface area (Å²) < 4.78 is 5.46. The lowest BCUT2D eigenvalue weighted by atomic mass is 9.86. The second-order valence-corrected chi connectivity index (χ2v) is 8.47. The molecule has 0 radical (unpaired) electrons. The summed E-state index contributed by atoms with van der Waals surface area (Å²) in [6.45, 7) is 0.391. The Morgan fingerprint density at radius 2 is 1.62 bits per heavy atom. The molecule has 4 rings (SSSR count). The first-order valence-electron chi connectivity index (χ1n) is 11.1. The third kappa shape index (κ3) is 4.93. The Kier molecular flexibility index (Phi) is 6.73. The molecule has 0 heterocycles. The molecule has 0 saturated heterocycles. The molecule has 2 amide bonds. The molecule has 7 heteroatoms. The van der Waals surface area contributed by atoms with Crippen molar-refractivity contribution in [3.05, 3.63) is 59.7 Å². The standard InChI is InChI=1S/C25H28N2O5/c28-23(27-17-7-5-6-16(14-17)24(29)30)12-13-26-25(31)32-15-22-20-10-3-1-8-18(20)19-9-2-4-11-21(19)22/h1-4,8-11,16-17,22H,5-7,12-15H2,(H,26,31)(H,27,28)(H,29,30)/t16-,17+/m1/s1. The topological polar surface area (TPSA) is 105 Å². The molecule has 2 aliphatic carbocycles. The van der Waals surface area contributed by atoms with E-state index in [-0.39, 0.29) is 37.4 Å². The summed E-state index contributed by atoms with van der Waals surface area (Å²) in [7, 11) is 0. The van der Waals surface area contributed by atoms with Crippen LogP contribution in [0.1, 0.15) is 49.1 Å². The Balaban J connectivity index is 1.22. The highest BCUT2D eigenvalue weighted by Crippen LogP contribution is 2.44. The molecule has 1 saturated carbocycles. The van der Waals surface area contributed by atoms with E-state index < -0.39 is 18.0 Å². The van der Waals surface area contributed by atoms with Crippen LogP contribution in [-0.4, -0.2) is 42.3 Å². The highest BCUT2D eigenvalue weighted by molar-refractivity contribution is 5.79. The second kappa shape index (κ2) is 9.85. The van der Waals surface area contributed by atoms with Crippen molar-refractivity contribution in [2.45, 2.75) is 44.1 Å². The van der Waals surface area contributed by atoms with Crippen molar-refractivity contribution in [3.63, 3.8) is 0 Å². The van der Waals surface area contributed by atoms with Gasteiger partial charge in [0.2, 0.25) is 5.91 Å². The average Bonchev–Trinajstić information content (AvgIpc) is 3.11. The first kappa shape index (κ1) is 21.9. The molecule has 0 aliphatic heterocycles.